The highest BCUT2D eigenvalue weighted by Crippen LogP contribution is 2.21. The lowest BCUT2D eigenvalue weighted by Gasteiger charge is -2.25. The number of carbonyl (C=O) groups is 2. The van der Waals surface area contributed by atoms with Gasteiger partial charge in [0.25, 0.3) is 5.91 Å². The number of carbonyl (C=O) groups excluding carboxylic acids is 2. The zero-order valence-electron chi connectivity index (χ0n) is 17.1. The summed E-state index contributed by atoms with van der Waals surface area (Å²) in [5.74, 6) is -1.42. The van der Waals surface area contributed by atoms with Crippen molar-refractivity contribution in [1.29, 1.82) is 0 Å². The number of benzene rings is 2. The van der Waals surface area contributed by atoms with Crippen LogP contribution in [0.25, 0.3) is 0 Å². The fourth-order valence-electron chi connectivity index (χ4n) is 3.16. The van der Waals surface area contributed by atoms with E-state index in [0.29, 0.717) is 18.8 Å². The molecule has 3 rings (SSSR count). The molecule has 1 aliphatic heterocycles. The third kappa shape index (κ3) is 5.91. The summed E-state index contributed by atoms with van der Waals surface area (Å²) in [5, 5.41) is 7.46. The number of nitrogens with zero attached hydrogens (tertiary/aromatic N) is 1. The molecular formula is C20H23N3O7S2. The van der Waals surface area contributed by atoms with E-state index < -0.39 is 38.5 Å². The summed E-state index contributed by atoms with van der Waals surface area (Å²) in [6.07, 6.45) is 2.65. The average Bonchev–Trinajstić information content (AvgIpc) is 2.78. The van der Waals surface area contributed by atoms with Crippen molar-refractivity contribution in [1.82, 2.24) is 4.31 Å². The van der Waals surface area contributed by atoms with Gasteiger partial charge in [-0.2, -0.15) is 4.31 Å². The Morgan fingerprint density at radius 1 is 0.875 bits per heavy atom. The van der Waals surface area contributed by atoms with Crippen molar-refractivity contribution in [3.8, 4) is 0 Å². The lowest BCUT2D eigenvalue weighted by atomic mass is 10.2. The zero-order chi connectivity index (χ0) is 23.4. The first-order chi connectivity index (χ1) is 15.1. The monoisotopic (exact) mass is 481 g/mol. The number of amides is 1. The summed E-state index contributed by atoms with van der Waals surface area (Å²) >= 11 is 0. The standard InChI is InChI=1S/C20H23N3O7S2/c21-31(26,27)17-10-6-16(7-11-17)22-19(24)14-30-20(25)15-4-8-18(9-5-15)32(28,29)23-12-2-1-3-13-23/h4-11H,1-3,12-14H2,(H,22,24)(H2,21,26,27). The van der Waals surface area contributed by atoms with Crippen molar-refractivity contribution in [3.05, 3.63) is 54.1 Å². The highest BCUT2D eigenvalue weighted by Gasteiger charge is 2.26. The smallest absolute Gasteiger partial charge is 0.338 e. The van der Waals surface area contributed by atoms with Crippen molar-refractivity contribution in [2.75, 3.05) is 25.0 Å². The zero-order valence-corrected chi connectivity index (χ0v) is 18.7. The number of anilines is 1. The first-order valence-electron chi connectivity index (χ1n) is 9.77. The van der Waals surface area contributed by atoms with Gasteiger partial charge in [0.15, 0.2) is 6.61 Å². The minimum absolute atomic E-state index is 0.0941. The molecule has 0 radical (unpaired) electrons. The highest BCUT2D eigenvalue weighted by molar-refractivity contribution is 7.89. The van der Waals surface area contributed by atoms with Crippen LogP contribution in [-0.2, 0) is 29.6 Å². The van der Waals surface area contributed by atoms with E-state index in [9.17, 15) is 26.4 Å². The van der Waals surface area contributed by atoms with Crippen molar-refractivity contribution < 1.29 is 31.2 Å². The average molecular weight is 482 g/mol. The molecule has 1 amide bonds. The molecule has 10 nitrogen and oxygen atoms in total. The normalized spacial score (nSPS) is 15.2. The molecule has 2 aromatic rings. The van der Waals surface area contributed by atoms with Crippen LogP contribution in [0.2, 0.25) is 0 Å². The van der Waals surface area contributed by atoms with Crippen LogP contribution in [0.3, 0.4) is 0 Å². The number of sulfonamides is 2. The van der Waals surface area contributed by atoms with Gasteiger partial charge < -0.3 is 10.1 Å². The molecule has 1 fully saturated rings. The molecule has 0 aromatic heterocycles. The second kappa shape index (κ2) is 9.77. The van der Waals surface area contributed by atoms with E-state index in [0.717, 1.165) is 19.3 Å². The topological polar surface area (TPSA) is 153 Å². The van der Waals surface area contributed by atoms with Crippen LogP contribution >= 0.6 is 0 Å². The van der Waals surface area contributed by atoms with Gasteiger partial charge in [0, 0.05) is 18.8 Å². The van der Waals surface area contributed by atoms with E-state index in [4.69, 9.17) is 9.88 Å². The second-order valence-electron chi connectivity index (χ2n) is 7.18. The van der Waals surface area contributed by atoms with Crippen LogP contribution in [0.4, 0.5) is 5.69 Å². The predicted molar refractivity (Wildman–Crippen MR) is 116 cm³/mol. The van der Waals surface area contributed by atoms with Crippen molar-refractivity contribution in [3.63, 3.8) is 0 Å². The SMILES string of the molecule is NS(=O)(=O)c1ccc(NC(=O)COC(=O)c2ccc(S(=O)(=O)N3CCCCC3)cc2)cc1. The van der Waals surface area contributed by atoms with Crippen molar-refractivity contribution in [2.24, 2.45) is 5.14 Å². The molecule has 3 N–H and O–H groups in total. The minimum Gasteiger partial charge on any atom is -0.452 e. The van der Waals surface area contributed by atoms with Crippen LogP contribution in [0.1, 0.15) is 29.6 Å². The fourth-order valence-corrected chi connectivity index (χ4v) is 5.19. The maximum atomic E-state index is 12.6. The Morgan fingerprint density at radius 2 is 1.44 bits per heavy atom. The molecule has 1 aliphatic rings. The van der Waals surface area contributed by atoms with Gasteiger partial charge in [0.1, 0.15) is 0 Å². The molecule has 1 heterocycles. The van der Waals surface area contributed by atoms with Gasteiger partial charge >= 0.3 is 5.97 Å². The number of nitrogens with two attached hydrogens (primary N) is 1. The highest BCUT2D eigenvalue weighted by atomic mass is 32.2. The fraction of sp³-hybridized carbons (Fsp3) is 0.300. The van der Waals surface area contributed by atoms with Gasteiger partial charge in [-0.15, -0.1) is 0 Å². The number of hydrogen-bond donors (Lipinski definition) is 2. The molecule has 1 saturated heterocycles. The number of primary sulfonamides is 1. The van der Waals surface area contributed by atoms with Crippen LogP contribution in [0.15, 0.2) is 58.3 Å². The molecule has 0 bridgehead atoms. The lowest BCUT2D eigenvalue weighted by Crippen LogP contribution is -2.35. The Balaban J connectivity index is 1.55. The number of hydrogen-bond acceptors (Lipinski definition) is 7. The van der Waals surface area contributed by atoms with Gasteiger partial charge in [-0.1, -0.05) is 6.42 Å². The van der Waals surface area contributed by atoms with E-state index >= 15 is 0 Å². The van der Waals surface area contributed by atoms with E-state index in [1.807, 2.05) is 0 Å². The van der Waals surface area contributed by atoms with Crippen LogP contribution in [-0.4, -0.2) is 52.7 Å². The van der Waals surface area contributed by atoms with Gasteiger partial charge in [-0.05, 0) is 61.4 Å². The van der Waals surface area contributed by atoms with E-state index in [1.54, 1.807) is 0 Å². The Bertz CT molecular complexity index is 1190. The predicted octanol–water partition coefficient (Wildman–Crippen LogP) is 1.30. The second-order valence-corrected chi connectivity index (χ2v) is 10.7. The number of nitrogens with one attached hydrogen (secondary N) is 1. The largest absolute Gasteiger partial charge is 0.452 e. The van der Waals surface area contributed by atoms with Gasteiger partial charge in [-0.25, -0.2) is 26.8 Å². The van der Waals surface area contributed by atoms with Gasteiger partial charge in [0.05, 0.1) is 15.4 Å². The maximum absolute atomic E-state index is 12.6. The van der Waals surface area contributed by atoms with Crippen molar-refractivity contribution >= 4 is 37.6 Å². The number of ether oxygens (including phenoxy) is 1. The molecule has 0 saturated carbocycles. The van der Waals surface area contributed by atoms with Crippen molar-refractivity contribution in [2.45, 2.75) is 29.1 Å². The number of rotatable bonds is 7. The number of esters is 1. The lowest BCUT2D eigenvalue weighted by molar-refractivity contribution is -0.119. The van der Waals surface area contributed by atoms with Gasteiger partial charge in [-0.3, -0.25) is 4.79 Å². The molecule has 2 aromatic carbocycles. The minimum atomic E-state index is -3.84. The molecule has 0 atom stereocenters. The number of piperidine rings is 1. The molecular weight excluding hydrogens is 458 g/mol. The van der Waals surface area contributed by atoms with Crippen LogP contribution in [0, 0.1) is 0 Å². The third-order valence-corrected chi connectivity index (χ3v) is 7.69. The first kappa shape index (κ1) is 23.9. The summed E-state index contributed by atoms with van der Waals surface area (Å²) in [6.45, 7) is 0.377. The molecule has 172 valence electrons. The van der Waals surface area contributed by atoms with Gasteiger partial charge in [0.2, 0.25) is 20.0 Å². The third-order valence-electron chi connectivity index (χ3n) is 4.84. The molecule has 0 spiro atoms. The summed E-state index contributed by atoms with van der Waals surface area (Å²) in [5.41, 5.74) is 0.402. The quantitative estimate of drug-likeness (QED) is 0.565. The van der Waals surface area contributed by atoms with E-state index in [-0.39, 0.29) is 15.4 Å². The Labute approximate surface area is 186 Å². The Hall–Kier alpha value is -2.80. The first-order valence-corrected chi connectivity index (χ1v) is 12.8. The molecule has 32 heavy (non-hydrogen) atoms. The Morgan fingerprint density at radius 3 is 2.00 bits per heavy atom. The van der Waals surface area contributed by atoms with E-state index in [2.05, 4.69) is 5.32 Å². The van der Waals surface area contributed by atoms with Crippen LogP contribution in [0.5, 0.6) is 0 Å². The van der Waals surface area contributed by atoms with Crippen LogP contribution < -0.4 is 10.5 Å². The summed E-state index contributed by atoms with van der Waals surface area (Å²) < 4.78 is 54.2. The molecule has 12 heteroatoms. The maximum Gasteiger partial charge on any atom is 0.338 e. The molecule has 0 aliphatic carbocycles. The summed E-state index contributed by atoms with van der Waals surface area (Å²) in [6, 6.07) is 10.5. The molecule has 0 unspecified atom stereocenters. The summed E-state index contributed by atoms with van der Waals surface area (Å²) in [7, 11) is -7.45. The van der Waals surface area contributed by atoms with E-state index in [1.165, 1.54) is 52.8 Å². The summed E-state index contributed by atoms with van der Waals surface area (Å²) in [4.78, 5) is 24.1. The Kier molecular flexibility index (Phi) is 7.29.